The van der Waals surface area contributed by atoms with Crippen LogP contribution in [0.4, 0.5) is 5.13 Å². The van der Waals surface area contributed by atoms with Gasteiger partial charge >= 0.3 is 0 Å². The number of rotatable bonds is 2. The van der Waals surface area contributed by atoms with Gasteiger partial charge in [0.05, 0.1) is 16.5 Å². The average molecular weight is 263 g/mol. The topological polar surface area (TPSA) is 59.1 Å². The van der Waals surface area contributed by atoms with E-state index < -0.39 is 10.0 Å². The highest BCUT2D eigenvalue weighted by molar-refractivity contribution is 7.92. The maximum atomic E-state index is 11.0. The lowest BCUT2D eigenvalue weighted by Crippen LogP contribution is -2.08. The predicted molar refractivity (Wildman–Crippen MR) is 63.1 cm³/mol. The van der Waals surface area contributed by atoms with Crippen molar-refractivity contribution in [2.24, 2.45) is 0 Å². The second-order valence-electron chi connectivity index (χ2n) is 3.01. The molecule has 0 saturated heterocycles. The van der Waals surface area contributed by atoms with Gasteiger partial charge in [-0.05, 0) is 18.2 Å². The summed E-state index contributed by atoms with van der Waals surface area (Å²) in [4.78, 5) is 4.10. The third-order valence-corrected chi connectivity index (χ3v) is 3.50. The van der Waals surface area contributed by atoms with Gasteiger partial charge in [-0.2, -0.15) is 0 Å². The van der Waals surface area contributed by atoms with Crippen LogP contribution < -0.4 is 4.72 Å². The van der Waals surface area contributed by atoms with Crippen LogP contribution in [0.15, 0.2) is 18.2 Å². The van der Waals surface area contributed by atoms with Gasteiger partial charge < -0.3 is 0 Å². The van der Waals surface area contributed by atoms with Gasteiger partial charge in [0.2, 0.25) is 10.0 Å². The predicted octanol–water partition coefficient (Wildman–Crippen LogP) is 2.32. The molecular weight excluding hydrogens is 256 g/mol. The van der Waals surface area contributed by atoms with Crippen LogP contribution in [0.5, 0.6) is 0 Å². The zero-order valence-electron chi connectivity index (χ0n) is 7.69. The molecule has 1 heterocycles. The van der Waals surface area contributed by atoms with Crippen molar-refractivity contribution in [3.05, 3.63) is 23.2 Å². The number of aromatic nitrogens is 1. The second kappa shape index (κ2) is 3.62. The minimum Gasteiger partial charge on any atom is -0.259 e. The summed E-state index contributed by atoms with van der Waals surface area (Å²) in [5.41, 5.74) is 0.693. The lowest BCUT2D eigenvalue weighted by Gasteiger charge is -1.95. The second-order valence-corrected chi connectivity index (χ2v) is 6.22. The molecule has 0 radical (unpaired) electrons. The zero-order valence-corrected chi connectivity index (χ0v) is 10.1. The van der Waals surface area contributed by atoms with Crippen LogP contribution in [-0.2, 0) is 10.0 Å². The lowest BCUT2D eigenvalue weighted by molar-refractivity contribution is 0.607. The Morgan fingerprint density at radius 2 is 2.20 bits per heavy atom. The summed E-state index contributed by atoms with van der Waals surface area (Å²) in [5.74, 6) is 0. The van der Waals surface area contributed by atoms with Crippen LogP contribution in [0.1, 0.15) is 0 Å². The minimum absolute atomic E-state index is 0.356. The monoisotopic (exact) mass is 262 g/mol. The van der Waals surface area contributed by atoms with Crippen molar-refractivity contribution in [1.82, 2.24) is 4.98 Å². The summed E-state index contributed by atoms with van der Waals surface area (Å²) in [6.45, 7) is 0. The van der Waals surface area contributed by atoms with Crippen LogP contribution in [0.3, 0.4) is 0 Å². The zero-order chi connectivity index (χ0) is 11.1. The first-order valence-corrected chi connectivity index (χ1v) is 7.06. The molecule has 0 atom stereocenters. The molecule has 4 nitrogen and oxygen atoms in total. The third kappa shape index (κ3) is 2.58. The smallest absolute Gasteiger partial charge is 0.231 e. The summed E-state index contributed by atoms with van der Waals surface area (Å²) >= 11 is 7.06. The Balaban J connectivity index is 2.48. The molecular formula is C8H7ClN2O2S2. The van der Waals surface area contributed by atoms with Crippen molar-refractivity contribution >= 4 is 48.3 Å². The Bertz CT molecular complexity index is 606. The molecule has 1 aromatic carbocycles. The highest BCUT2D eigenvalue weighted by Gasteiger charge is 2.08. The van der Waals surface area contributed by atoms with Gasteiger partial charge in [0.25, 0.3) is 0 Å². The SMILES string of the molecule is CS(=O)(=O)Nc1nc2cc(Cl)ccc2s1. The normalized spacial score (nSPS) is 11.9. The van der Waals surface area contributed by atoms with Gasteiger partial charge in [-0.1, -0.05) is 22.9 Å². The Labute approximate surface area is 96.0 Å². The fourth-order valence-corrected chi connectivity index (χ4v) is 2.95. The number of hydrogen-bond acceptors (Lipinski definition) is 4. The first-order chi connectivity index (χ1) is 6.94. The Hall–Kier alpha value is -0.850. The number of sulfonamides is 1. The van der Waals surface area contributed by atoms with E-state index in [1.165, 1.54) is 11.3 Å². The Kier molecular flexibility index (Phi) is 2.57. The summed E-state index contributed by atoms with van der Waals surface area (Å²) < 4.78 is 25.2. The van der Waals surface area contributed by atoms with Crippen molar-refractivity contribution in [3.63, 3.8) is 0 Å². The van der Waals surface area contributed by atoms with E-state index in [0.29, 0.717) is 15.7 Å². The molecule has 0 aliphatic rings. The summed E-state index contributed by atoms with van der Waals surface area (Å²) in [6, 6.07) is 5.25. The number of halogens is 1. The molecule has 80 valence electrons. The van der Waals surface area contributed by atoms with Crippen LogP contribution >= 0.6 is 22.9 Å². The molecule has 2 aromatic rings. The van der Waals surface area contributed by atoms with Gasteiger partial charge in [0.15, 0.2) is 5.13 Å². The fraction of sp³-hybridized carbons (Fsp3) is 0.125. The Morgan fingerprint density at radius 1 is 1.47 bits per heavy atom. The number of anilines is 1. The average Bonchev–Trinajstić information content (AvgIpc) is 2.42. The first kappa shape index (κ1) is 10.7. The van der Waals surface area contributed by atoms with Crippen molar-refractivity contribution in [2.75, 3.05) is 11.0 Å². The van der Waals surface area contributed by atoms with Gasteiger partial charge in [0, 0.05) is 5.02 Å². The number of nitrogens with zero attached hydrogens (tertiary/aromatic N) is 1. The Morgan fingerprint density at radius 3 is 2.87 bits per heavy atom. The van der Waals surface area contributed by atoms with Crippen molar-refractivity contribution in [2.45, 2.75) is 0 Å². The number of benzene rings is 1. The lowest BCUT2D eigenvalue weighted by atomic mass is 10.3. The first-order valence-electron chi connectivity index (χ1n) is 3.98. The molecule has 0 bridgehead atoms. The van der Waals surface area contributed by atoms with Crippen molar-refractivity contribution in [1.29, 1.82) is 0 Å². The fourth-order valence-electron chi connectivity index (χ4n) is 1.10. The molecule has 15 heavy (non-hydrogen) atoms. The van der Waals surface area contributed by atoms with Crippen molar-refractivity contribution in [3.8, 4) is 0 Å². The molecule has 1 N–H and O–H groups in total. The molecule has 0 aliphatic heterocycles. The van der Waals surface area contributed by atoms with Gasteiger partial charge in [0.1, 0.15) is 0 Å². The largest absolute Gasteiger partial charge is 0.259 e. The van der Waals surface area contributed by atoms with E-state index in [4.69, 9.17) is 11.6 Å². The quantitative estimate of drug-likeness (QED) is 0.904. The molecule has 0 amide bonds. The number of thiazole rings is 1. The van der Waals surface area contributed by atoms with Crippen molar-refractivity contribution < 1.29 is 8.42 Å². The van der Waals surface area contributed by atoms with Crippen LogP contribution in [-0.4, -0.2) is 19.7 Å². The summed E-state index contributed by atoms with van der Waals surface area (Å²) in [6.07, 6.45) is 1.09. The van der Waals surface area contributed by atoms with E-state index in [1.54, 1.807) is 12.1 Å². The van der Waals surface area contributed by atoms with Crippen LogP contribution in [0.2, 0.25) is 5.02 Å². The number of nitrogens with one attached hydrogen (secondary N) is 1. The molecule has 0 unspecified atom stereocenters. The molecule has 0 fully saturated rings. The van der Waals surface area contributed by atoms with E-state index in [2.05, 4.69) is 9.71 Å². The van der Waals surface area contributed by atoms with Crippen LogP contribution in [0, 0.1) is 0 Å². The van der Waals surface area contributed by atoms with Crippen LogP contribution in [0.25, 0.3) is 10.2 Å². The minimum atomic E-state index is -3.27. The number of hydrogen-bond donors (Lipinski definition) is 1. The maximum Gasteiger partial charge on any atom is 0.231 e. The van der Waals surface area contributed by atoms with E-state index in [0.717, 1.165) is 11.0 Å². The highest BCUT2D eigenvalue weighted by atomic mass is 35.5. The third-order valence-electron chi connectivity index (χ3n) is 1.62. The summed E-state index contributed by atoms with van der Waals surface area (Å²) in [5, 5.41) is 0.938. The standard InChI is InChI=1S/C8H7ClN2O2S2/c1-15(12,13)11-8-10-6-4-5(9)2-3-7(6)14-8/h2-4H,1H3,(H,10,11). The highest BCUT2D eigenvalue weighted by Crippen LogP contribution is 2.28. The molecule has 0 saturated carbocycles. The van der Waals surface area contributed by atoms with Gasteiger partial charge in [-0.25, -0.2) is 13.4 Å². The summed E-state index contributed by atoms with van der Waals surface area (Å²) in [7, 11) is -3.27. The molecule has 0 spiro atoms. The van der Waals surface area contributed by atoms with E-state index >= 15 is 0 Å². The maximum absolute atomic E-state index is 11.0. The van der Waals surface area contributed by atoms with Gasteiger partial charge in [-0.3, -0.25) is 4.72 Å². The number of fused-ring (bicyclic) bond motifs is 1. The molecule has 1 aromatic heterocycles. The van der Waals surface area contributed by atoms with E-state index in [-0.39, 0.29) is 0 Å². The van der Waals surface area contributed by atoms with Gasteiger partial charge in [-0.15, -0.1) is 0 Å². The van der Waals surface area contributed by atoms with E-state index in [1.807, 2.05) is 6.07 Å². The molecule has 7 heteroatoms. The molecule has 2 rings (SSSR count). The molecule has 0 aliphatic carbocycles. The van der Waals surface area contributed by atoms with E-state index in [9.17, 15) is 8.42 Å².